The summed E-state index contributed by atoms with van der Waals surface area (Å²) in [7, 11) is -2.18. The largest absolute Gasteiger partial charge is 0.273 e. The summed E-state index contributed by atoms with van der Waals surface area (Å²) in [6.45, 7) is 1.87. The SMILES string of the molecule is COS(=O)(=O)CC(C)c1ccccc1. The fourth-order valence-corrected chi connectivity index (χ4v) is 2.19. The smallest absolute Gasteiger partial charge is 0.267 e. The van der Waals surface area contributed by atoms with Gasteiger partial charge in [0.05, 0.1) is 12.9 Å². The lowest BCUT2D eigenvalue weighted by atomic mass is 10.0. The van der Waals surface area contributed by atoms with Crippen LogP contribution in [0.1, 0.15) is 18.4 Å². The summed E-state index contributed by atoms with van der Waals surface area (Å²) in [5.74, 6) is -0.0193. The first-order valence-electron chi connectivity index (χ1n) is 4.38. The zero-order valence-corrected chi connectivity index (χ0v) is 9.12. The minimum atomic E-state index is -3.37. The van der Waals surface area contributed by atoms with Crippen LogP contribution in [0.4, 0.5) is 0 Å². The molecule has 1 aromatic rings. The molecule has 1 atom stereocenters. The van der Waals surface area contributed by atoms with Crippen molar-refractivity contribution in [2.45, 2.75) is 12.8 Å². The van der Waals surface area contributed by atoms with E-state index in [-0.39, 0.29) is 11.7 Å². The predicted molar refractivity (Wildman–Crippen MR) is 55.7 cm³/mol. The molecule has 0 spiro atoms. The van der Waals surface area contributed by atoms with E-state index in [1.165, 1.54) is 7.11 Å². The van der Waals surface area contributed by atoms with Gasteiger partial charge in [0, 0.05) is 0 Å². The highest BCUT2D eigenvalue weighted by atomic mass is 32.2. The van der Waals surface area contributed by atoms with Crippen LogP contribution in [0.15, 0.2) is 30.3 Å². The molecule has 0 fully saturated rings. The molecule has 0 aliphatic carbocycles. The minimum absolute atomic E-state index is 0.0213. The van der Waals surface area contributed by atoms with Crippen LogP contribution in [0.5, 0.6) is 0 Å². The third-order valence-electron chi connectivity index (χ3n) is 2.08. The summed E-state index contributed by atoms with van der Waals surface area (Å²) in [4.78, 5) is 0. The van der Waals surface area contributed by atoms with Crippen molar-refractivity contribution in [2.24, 2.45) is 0 Å². The van der Waals surface area contributed by atoms with Crippen molar-refractivity contribution >= 4 is 10.1 Å². The van der Waals surface area contributed by atoms with E-state index in [2.05, 4.69) is 4.18 Å². The number of rotatable bonds is 4. The van der Waals surface area contributed by atoms with E-state index < -0.39 is 10.1 Å². The Morgan fingerprint density at radius 2 is 1.86 bits per heavy atom. The third kappa shape index (κ3) is 3.12. The number of hydrogen-bond donors (Lipinski definition) is 0. The first-order chi connectivity index (χ1) is 6.55. The second kappa shape index (κ2) is 4.57. The van der Waals surface area contributed by atoms with E-state index in [0.29, 0.717) is 0 Å². The lowest BCUT2D eigenvalue weighted by Gasteiger charge is -2.10. The first kappa shape index (κ1) is 11.2. The fourth-order valence-electron chi connectivity index (χ4n) is 1.25. The molecule has 0 heterocycles. The molecule has 0 aliphatic heterocycles. The van der Waals surface area contributed by atoms with Crippen LogP contribution in [0.2, 0.25) is 0 Å². The van der Waals surface area contributed by atoms with Crippen molar-refractivity contribution in [3.8, 4) is 0 Å². The maximum absolute atomic E-state index is 11.2. The second-order valence-corrected chi connectivity index (χ2v) is 4.98. The monoisotopic (exact) mass is 214 g/mol. The van der Waals surface area contributed by atoms with Crippen molar-refractivity contribution in [2.75, 3.05) is 12.9 Å². The molecule has 1 aromatic carbocycles. The van der Waals surface area contributed by atoms with Gasteiger partial charge in [-0.2, -0.15) is 8.42 Å². The molecule has 0 N–H and O–H groups in total. The average molecular weight is 214 g/mol. The Balaban J connectivity index is 2.74. The number of hydrogen-bond acceptors (Lipinski definition) is 3. The van der Waals surface area contributed by atoms with Crippen molar-refractivity contribution in [3.63, 3.8) is 0 Å². The van der Waals surface area contributed by atoms with Crippen molar-refractivity contribution < 1.29 is 12.6 Å². The molecule has 0 aliphatic rings. The molecule has 0 saturated heterocycles. The third-order valence-corrected chi connectivity index (χ3v) is 3.49. The van der Waals surface area contributed by atoms with Crippen LogP contribution in [-0.2, 0) is 14.3 Å². The van der Waals surface area contributed by atoms with E-state index in [1.807, 2.05) is 37.3 Å². The molecule has 78 valence electrons. The van der Waals surface area contributed by atoms with E-state index in [1.54, 1.807) is 0 Å². The summed E-state index contributed by atoms with van der Waals surface area (Å²) in [5, 5.41) is 0. The average Bonchev–Trinajstić information content (AvgIpc) is 2.19. The maximum atomic E-state index is 11.2. The minimum Gasteiger partial charge on any atom is -0.273 e. The van der Waals surface area contributed by atoms with Gasteiger partial charge < -0.3 is 0 Å². The van der Waals surface area contributed by atoms with Crippen LogP contribution >= 0.6 is 0 Å². The van der Waals surface area contributed by atoms with E-state index in [0.717, 1.165) is 5.56 Å². The highest BCUT2D eigenvalue weighted by Crippen LogP contribution is 2.16. The summed E-state index contributed by atoms with van der Waals surface area (Å²) >= 11 is 0. The van der Waals surface area contributed by atoms with Crippen LogP contribution in [-0.4, -0.2) is 21.3 Å². The lowest BCUT2D eigenvalue weighted by molar-refractivity contribution is 0.395. The topological polar surface area (TPSA) is 43.4 Å². The molecular formula is C10H14O3S. The summed E-state index contributed by atoms with van der Waals surface area (Å²) in [6, 6.07) is 9.52. The van der Waals surface area contributed by atoms with Crippen LogP contribution < -0.4 is 0 Å². The van der Waals surface area contributed by atoms with E-state index in [4.69, 9.17) is 0 Å². The fraction of sp³-hybridized carbons (Fsp3) is 0.400. The molecule has 0 radical (unpaired) electrons. The van der Waals surface area contributed by atoms with Crippen LogP contribution in [0.3, 0.4) is 0 Å². The second-order valence-electron chi connectivity index (χ2n) is 3.20. The summed E-state index contributed by atoms with van der Waals surface area (Å²) < 4.78 is 26.7. The number of benzene rings is 1. The Morgan fingerprint density at radius 1 is 1.29 bits per heavy atom. The molecule has 14 heavy (non-hydrogen) atoms. The molecule has 0 aromatic heterocycles. The highest BCUT2D eigenvalue weighted by Gasteiger charge is 2.15. The van der Waals surface area contributed by atoms with Gasteiger partial charge in [0.25, 0.3) is 10.1 Å². The van der Waals surface area contributed by atoms with Crippen molar-refractivity contribution in [1.82, 2.24) is 0 Å². The molecule has 1 unspecified atom stereocenters. The standard InChI is InChI=1S/C10H14O3S/c1-9(8-14(11,12)13-2)10-6-4-3-5-7-10/h3-7,9H,8H2,1-2H3. The van der Waals surface area contributed by atoms with Gasteiger partial charge in [-0.1, -0.05) is 37.3 Å². The Hall–Kier alpha value is -0.870. The van der Waals surface area contributed by atoms with Gasteiger partial charge in [-0.15, -0.1) is 0 Å². The molecule has 1 rings (SSSR count). The molecular weight excluding hydrogens is 200 g/mol. The molecule has 0 amide bonds. The van der Waals surface area contributed by atoms with E-state index in [9.17, 15) is 8.42 Å². The van der Waals surface area contributed by atoms with Gasteiger partial charge in [-0.25, -0.2) is 0 Å². The molecule has 4 heteroatoms. The summed E-state index contributed by atoms with van der Waals surface area (Å²) in [6.07, 6.45) is 0. The van der Waals surface area contributed by atoms with Gasteiger partial charge in [-0.3, -0.25) is 4.18 Å². The molecule has 3 nitrogen and oxygen atoms in total. The van der Waals surface area contributed by atoms with Crippen LogP contribution in [0.25, 0.3) is 0 Å². The van der Waals surface area contributed by atoms with Crippen molar-refractivity contribution in [3.05, 3.63) is 35.9 Å². The van der Waals surface area contributed by atoms with Gasteiger partial charge in [0.2, 0.25) is 0 Å². The van der Waals surface area contributed by atoms with Crippen molar-refractivity contribution in [1.29, 1.82) is 0 Å². The highest BCUT2D eigenvalue weighted by molar-refractivity contribution is 7.86. The van der Waals surface area contributed by atoms with E-state index >= 15 is 0 Å². The first-order valence-corrected chi connectivity index (χ1v) is 5.96. The maximum Gasteiger partial charge on any atom is 0.267 e. The van der Waals surface area contributed by atoms with Crippen LogP contribution in [0, 0.1) is 0 Å². The Labute approximate surface area is 84.8 Å². The zero-order chi connectivity index (χ0) is 10.6. The predicted octanol–water partition coefficient (Wildman–Crippen LogP) is 1.77. The Morgan fingerprint density at radius 3 is 2.36 bits per heavy atom. The normalized spacial score (nSPS) is 13.9. The van der Waals surface area contributed by atoms with Gasteiger partial charge in [0.1, 0.15) is 0 Å². The molecule has 0 saturated carbocycles. The van der Waals surface area contributed by atoms with Gasteiger partial charge in [-0.05, 0) is 11.5 Å². The Bertz CT molecular complexity index is 370. The zero-order valence-electron chi connectivity index (χ0n) is 8.30. The molecule has 0 bridgehead atoms. The van der Waals surface area contributed by atoms with Gasteiger partial charge >= 0.3 is 0 Å². The quantitative estimate of drug-likeness (QED) is 0.717. The lowest BCUT2D eigenvalue weighted by Crippen LogP contribution is -2.13. The Kier molecular flexibility index (Phi) is 3.66. The summed E-state index contributed by atoms with van der Waals surface area (Å²) in [5.41, 5.74) is 1.01. The van der Waals surface area contributed by atoms with Gasteiger partial charge in [0.15, 0.2) is 0 Å².